The number of aliphatic hydroxyl groups excluding tert-OH is 3. The second kappa shape index (κ2) is 22.5. The third kappa shape index (κ3) is 10.4. The summed E-state index contributed by atoms with van der Waals surface area (Å²) in [6.07, 6.45) is 0. The second-order valence-corrected chi connectivity index (χ2v) is 25.7. The van der Waals surface area contributed by atoms with Crippen molar-refractivity contribution in [1.82, 2.24) is 0 Å². The number of aliphatic hydroxyl groups is 3. The molecule has 4 nitrogen and oxygen atoms in total. The van der Waals surface area contributed by atoms with Crippen molar-refractivity contribution >= 4 is 0 Å². The Balaban J connectivity index is 1.50. The van der Waals surface area contributed by atoms with Gasteiger partial charge in [-0.25, -0.2) is 0 Å². The van der Waals surface area contributed by atoms with E-state index in [9.17, 15) is 15.3 Å². The smallest absolute Gasteiger partial charge is 0.172 e. The lowest BCUT2D eigenvalue weighted by atomic mass is 9.58. The molecule has 0 fully saturated rings. The van der Waals surface area contributed by atoms with Gasteiger partial charge in [0.2, 0.25) is 0 Å². The first-order valence-electron chi connectivity index (χ1n) is 28.8. The minimum atomic E-state index is -1.85. The average molecular weight is 1070 g/mol. The molecule has 0 aromatic heterocycles. The third-order valence-electron chi connectivity index (χ3n) is 18.9. The van der Waals surface area contributed by atoms with Gasteiger partial charge in [0.1, 0.15) is 5.75 Å². The molecule has 0 unspecified atom stereocenters. The number of hydrogen-bond donors (Lipinski definition) is 3. The van der Waals surface area contributed by atoms with Gasteiger partial charge in [0.05, 0.1) is 25.2 Å². The van der Waals surface area contributed by atoms with Crippen molar-refractivity contribution in [3.8, 4) is 5.75 Å². The average Bonchev–Trinajstić information content (AvgIpc) is 3.63. The highest BCUT2D eigenvalue weighted by atomic mass is 16.5. The van der Waals surface area contributed by atoms with E-state index in [1.54, 1.807) is 0 Å². The fourth-order valence-corrected chi connectivity index (χ4v) is 12.7. The van der Waals surface area contributed by atoms with Gasteiger partial charge in [-0.1, -0.05) is 314 Å². The van der Waals surface area contributed by atoms with Crippen LogP contribution < -0.4 is 4.74 Å². The highest BCUT2D eigenvalue weighted by molar-refractivity contribution is 5.61. The highest BCUT2D eigenvalue weighted by Gasteiger charge is 2.60. The second-order valence-electron chi connectivity index (χ2n) is 25.7. The first-order chi connectivity index (χ1) is 38.5. The van der Waals surface area contributed by atoms with Crippen LogP contribution in [0.1, 0.15) is 161 Å². The van der Waals surface area contributed by atoms with Gasteiger partial charge in [-0.2, -0.15) is 0 Å². The molecule has 0 aliphatic rings. The SMILES string of the molecule is CC(C)(c1ccccc1)c1ccc(OC(c2ccc(C(C)(C)c3ccccc3)cc2C(C)(C)c2ccccc2)(c2ccc(C(C)(C)c3ccccc3)cc2C(C)(C)c2ccccc2)C(CO)(CO)CO)c(C(C)(C)c2ccccc2)c1. The first kappa shape index (κ1) is 58.3. The molecule has 9 rings (SSSR count). The summed E-state index contributed by atoms with van der Waals surface area (Å²) < 4.78 is 8.51. The van der Waals surface area contributed by atoms with Crippen LogP contribution in [0.4, 0.5) is 0 Å². The summed E-state index contributed by atoms with van der Waals surface area (Å²) in [7, 11) is 0. The van der Waals surface area contributed by atoms with Gasteiger partial charge >= 0.3 is 0 Å². The molecular weight excluding hydrogens is 989 g/mol. The fraction of sp³-hybridized carbons (Fsp3) is 0.299. The van der Waals surface area contributed by atoms with E-state index in [1.807, 2.05) is 18.2 Å². The molecule has 0 heterocycles. The Kier molecular flexibility index (Phi) is 16.2. The van der Waals surface area contributed by atoms with Crippen LogP contribution in [0.3, 0.4) is 0 Å². The van der Waals surface area contributed by atoms with Crippen LogP contribution in [0, 0.1) is 5.41 Å². The topological polar surface area (TPSA) is 69.9 Å². The van der Waals surface area contributed by atoms with E-state index in [4.69, 9.17) is 4.74 Å². The van der Waals surface area contributed by atoms with E-state index < -0.39 is 63.3 Å². The maximum atomic E-state index is 12.7. The van der Waals surface area contributed by atoms with Gasteiger partial charge < -0.3 is 20.1 Å². The number of ether oxygens (including phenoxy) is 1. The minimum Gasteiger partial charge on any atom is -0.477 e. The molecule has 9 aromatic carbocycles. The van der Waals surface area contributed by atoms with Crippen LogP contribution in [0.2, 0.25) is 0 Å². The summed E-state index contributed by atoms with van der Waals surface area (Å²) in [4.78, 5) is 0. The van der Waals surface area contributed by atoms with Crippen molar-refractivity contribution in [2.45, 2.75) is 121 Å². The lowest BCUT2D eigenvalue weighted by Crippen LogP contribution is -2.59. The third-order valence-corrected chi connectivity index (χ3v) is 18.9. The lowest BCUT2D eigenvalue weighted by Gasteiger charge is -2.52. The zero-order valence-electron chi connectivity index (χ0n) is 49.9. The Morgan fingerprint density at radius 1 is 0.247 bits per heavy atom. The maximum Gasteiger partial charge on any atom is 0.172 e. The van der Waals surface area contributed by atoms with Crippen molar-refractivity contribution in [1.29, 1.82) is 0 Å². The first-order valence-corrected chi connectivity index (χ1v) is 28.8. The largest absolute Gasteiger partial charge is 0.477 e. The molecule has 0 aliphatic carbocycles. The van der Waals surface area contributed by atoms with Crippen molar-refractivity contribution in [2.75, 3.05) is 19.8 Å². The van der Waals surface area contributed by atoms with Crippen molar-refractivity contribution < 1.29 is 20.1 Å². The zero-order valence-corrected chi connectivity index (χ0v) is 49.9. The van der Waals surface area contributed by atoms with Gasteiger partial charge in [-0.15, -0.1) is 0 Å². The predicted molar refractivity (Wildman–Crippen MR) is 336 cm³/mol. The maximum absolute atomic E-state index is 12.7. The van der Waals surface area contributed by atoms with Crippen molar-refractivity contribution in [3.63, 3.8) is 0 Å². The summed E-state index contributed by atoms with van der Waals surface area (Å²) in [5.74, 6) is 0.561. The van der Waals surface area contributed by atoms with E-state index in [0.717, 1.165) is 72.3 Å². The minimum absolute atomic E-state index is 0.425. The Labute approximate surface area is 484 Å². The molecule has 416 valence electrons. The van der Waals surface area contributed by atoms with Crippen LogP contribution in [0.25, 0.3) is 0 Å². The molecule has 0 saturated heterocycles. The molecule has 81 heavy (non-hydrogen) atoms. The molecule has 0 spiro atoms. The normalized spacial score (nSPS) is 13.0. The van der Waals surface area contributed by atoms with Crippen molar-refractivity contribution in [2.24, 2.45) is 5.41 Å². The lowest BCUT2D eigenvalue weighted by molar-refractivity contribution is -0.123. The fourth-order valence-electron chi connectivity index (χ4n) is 12.7. The van der Waals surface area contributed by atoms with E-state index in [0.29, 0.717) is 5.75 Å². The molecule has 0 bridgehead atoms. The van der Waals surface area contributed by atoms with Crippen LogP contribution in [0.5, 0.6) is 5.75 Å². The van der Waals surface area contributed by atoms with E-state index in [-0.39, 0.29) is 0 Å². The standard InChI is InChI=1S/C77H84O4/c1-70(2,55-31-19-13-20-32-55)61-43-46-64(66(49-61)73(7,8)58-37-25-16-26-38-58)77(76(52-78,53-79)54-80,65-47-44-62(71(3,4)56-33-21-14-22-34-56)50-67(65)74(9,10)59-39-27-17-28-40-59)81-69-48-45-63(72(5,6)57-35-23-15-24-36-57)51-68(69)75(11,12)60-41-29-18-30-42-60/h13-51,78-80H,52-54H2,1-12H3. The van der Waals surface area contributed by atoms with Crippen LogP contribution in [0.15, 0.2) is 237 Å². The predicted octanol–water partition coefficient (Wildman–Crippen LogP) is 16.9. The Bertz CT molecular complexity index is 3380. The quantitative estimate of drug-likeness (QED) is 0.0711. The number of hydrogen-bond acceptors (Lipinski definition) is 4. The van der Waals surface area contributed by atoms with Crippen LogP contribution in [-0.4, -0.2) is 35.1 Å². The van der Waals surface area contributed by atoms with Gasteiger partial charge in [-0.05, 0) is 67.3 Å². The molecular formula is C77H84O4. The Morgan fingerprint density at radius 3 is 0.753 bits per heavy atom. The van der Waals surface area contributed by atoms with Gasteiger partial charge in [-0.3, -0.25) is 0 Å². The number of benzene rings is 9. The van der Waals surface area contributed by atoms with Crippen LogP contribution >= 0.6 is 0 Å². The number of rotatable bonds is 20. The Hall–Kier alpha value is -7.34. The zero-order chi connectivity index (χ0) is 58.1. The molecule has 0 amide bonds. The molecule has 0 atom stereocenters. The molecule has 0 saturated carbocycles. The van der Waals surface area contributed by atoms with E-state index in [1.165, 1.54) is 5.56 Å². The summed E-state index contributed by atoms with van der Waals surface area (Å²) >= 11 is 0. The molecule has 3 N–H and O–H groups in total. The summed E-state index contributed by atoms with van der Waals surface area (Å²) in [5, 5.41) is 38.1. The highest BCUT2D eigenvalue weighted by Crippen LogP contribution is 2.57. The van der Waals surface area contributed by atoms with Gasteiger partial charge in [0.25, 0.3) is 0 Å². The van der Waals surface area contributed by atoms with Crippen LogP contribution in [-0.2, 0) is 38.1 Å². The van der Waals surface area contributed by atoms with E-state index in [2.05, 4.69) is 301 Å². The summed E-state index contributed by atoms with van der Waals surface area (Å²) in [6.45, 7) is 25.2. The van der Waals surface area contributed by atoms with Crippen molar-refractivity contribution in [3.05, 3.63) is 314 Å². The monoisotopic (exact) mass is 1070 g/mol. The van der Waals surface area contributed by atoms with Gasteiger partial charge in [0.15, 0.2) is 5.60 Å². The van der Waals surface area contributed by atoms with Gasteiger partial charge in [0, 0.05) is 49.2 Å². The molecule has 4 heteroatoms. The van der Waals surface area contributed by atoms with E-state index >= 15 is 0 Å². The molecule has 9 aromatic rings. The summed E-state index contributed by atoms with van der Waals surface area (Å²) in [5.41, 5.74) is 7.05. The molecule has 0 aliphatic heterocycles. The summed E-state index contributed by atoms with van der Waals surface area (Å²) in [6, 6.07) is 83.6. The Morgan fingerprint density at radius 2 is 0.481 bits per heavy atom. The molecule has 0 radical (unpaired) electrons.